The van der Waals surface area contributed by atoms with Gasteiger partial charge in [-0.15, -0.1) is 0 Å². The van der Waals surface area contributed by atoms with Gasteiger partial charge in [0.1, 0.15) is 5.82 Å². The van der Waals surface area contributed by atoms with Crippen LogP contribution in [-0.2, 0) is 6.54 Å². The van der Waals surface area contributed by atoms with Gasteiger partial charge >= 0.3 is 0 Å². The summed E-state index contributed by atoms with van der Waals surface area (Å²) in [6.07, 6.45) is 2.62. The predicted octanol–water partition coefficient (Wildman–Crippen LogP) is 3.80. The summed E-state index contributed by atoms with van der Waals surface area (Å²) < 4.78 is 14.6. The quantitative estimate of drug-likeness (QED) is 0.845. The fourth-order valence-corrected chi connectivity index (χ4v) is 3.30. The van der Waals surface area contributed by atoms with Gasteiger partial charge in [-0.3, -0.25) is 4.90 Å². The van der Waals surface area contributed by atoms with Gasteiger partial charge in [0.25, 0.3) is 0 Å². The molecule has 0 saturated carbocycles. The van der Waals surface area contributed by atoms with Crippen LogP contribution in [0, 0.1) is 11.7 Å². The molecule has 112 valence electrons. The van der Waals surface area contributed by atoms with Crippen molar-refractivity contribution in [1.82, 2.24) is 10.2 Å². The Bertz CT molecular complexity index is 430. The first-order chi connectivity index (χ1) is 9.58. The summed E-state index contributed by atoms with van der Waals surface area (Å²) in [7, 11) is 0. The zero-order valence-corrected chi connectivity index (χ0v) is 13.9. The average molecular weight is 343 g/mol. The maximum Gasteiger partial charge on any atom is 0.127 e. The third-order valence-corrected chi connectivity index (χ3v) is 4.55. The normalized spacial score (nSPS) is 17.9. The molecule has 1 heterocycles. The predicted molar refractivity (Wildman–Crippen MR) is 85.2 cm³/mol. The maximum atomic E-state index is 13.7. The van der Waals surface area contributed by atoms with Crippen LogP contribution in [0.3, 0.4) is 0 Å². The number of hydrogen-bond acceptors (Lipinski definition) is 2. The van der Waals surface area contributed by atoms with Crippen LogP contribution in [-0.4, -0.2) is 30.6 Å². The van der Waals surface area contributed by atoms with Crippen LogP contribution >= 0.6 is 15.9 Å². The number of halogens is 2. The van der Waals surface area contributed by atoms with Crippen molar-refractivity contribution < 1.29 is 4.39 Å². The lowest BCUT2D eigenvalue weighted by Gasteiger charge is -2.31. The molecule has 1 N–H and O–H groups in total. The average Bonchev–Trinajstić information content (AvgIpc) is 2.91. The van der Waals surface area contributed by atoms with E-state index in [2.05, 4.69) is 40.0 Å². The minimum absolute atomic E-state index is 0.136. The van der Waals surface area contributed by atoms with Gasteiger partial charge in [0.2, 0.25) is 0 Å². The van der Waals surface area contributed by atoms with Crippen molar-refractivity contribution in [2.45, 2.75) is 39.3 Å². The lowest BCUT2D eigenvalue weighted by Crippen LogP contribution is -2.44. The molecule has 0 radical (unpaired) electrons. The Kier molecular flexibility index (Phi) is 6.00. The molecule has 20 heavy (non-hydrogen) atoms. The van der Waals surface area contributed by atoms with Crippen LogP contribution in [0.5, 0.6) is 0 Å². The summed E-state index contributed by atoms with van der Waals surface area (Å²) in [5, 5.41) is 3.43. The van der Waals surface area contributed by atoms with Gasteiger partial charge in [-0.25, -0.2) is 4.39 Å². The molecule has 1 atom stereocenters. The van der Waals surface area contributed by atoms with Crippen molar-refractivity contribution >= 4 is 15.9 Å². The molecule has 1 aromatic rings. The number of nitrogens with one attached hydrogen (secondary N) is 1. The van der Waals surface area contributed by atoms with Gasteiger partial charge < -0.3 is 5.32 Å². The van der Waals surface area contributed by atoms with Crippen molar-refractivity contribution in [3.63, 3.8) is 0 Å². The van der Waals surface area contributed by atoms with Crippen molar-refractivity contribution in [2.75, 3.05) is 19.6 Å². The Hall–Kier alpha value is -0.450. The number of benzene rings is 1. The number of nitrogens with zero attached hydrogens (tertiary/aromatic N) is 1. The summed E-state index contributed by atoms with van der Waals surface area (Å²) in [4.78, 5) is 2.56. The second kappa shape index (κ2) is 7.53. The topological polar surface area (TPSA) is 15.3 Å². The van der Waals surface area contributed by atoms with Crippen LogP contribution in [0.25, 0.3) is 0 Å². The summed E-state index contributed by atoms with van der Waals surface area (Å²) in [5.41, 5.74) is 0.725. The highest BCUT2D eigenvalue weighted by Crippen LogP contribution is 2.18. The third-order valence-electron chi connectivity index (χ3n) is 4.06. The van der Waals surface area contributed by atoms with Crippen molar-refractivity contribution in [2.24, 2.45) is 5.92 Å². The summed E-state index contributed by atoms with van der Waals surface area (Å²) in [5.74, 6) is 0.482. The second-order valence-electron chi connectivity index (χ2n) is 5.92. The van der Waals surface area contributed by atoms with Crippen LogP contribution in [0.2, 0.25) is 0 Å². The highest BCUT2D eigenvalue weighted by molar-refractivity contribution is 9.10. The summed E-state index contributed by atoms with van der Waals surface area (Å²) in [6, 6.07) is 5.65. The smallest absolute Gasteiger partial charge is 0.127 e. The Morgan fingerprint density at radius 2 is 2.00 bits per heavy atom. The SMILES string of the molecule is CC(C)C(CNCc1cc(Br)ccc1F)N1CCCC1. The first kappa shape index (κ1) is 15.9. The molecule has 4 heteroatoms. The molecule has 1 unspecified atom stereocenters. The molecule has 1 aromatic carbocycles. The van der Waals surface area contributed by atoms with Gasteiger partial charge in [0, 0.05) is 29.2 Å². The highest BCUT2D eigenvalue weighted by Gasteiger charge is 2.24. The lowest BCUT2D eigenvalue weighted by molar-refractivity contribution is 0.186. The van der Waals surface area contributed by atoms with Crippen LogP contribution in [0.4, 0.5) is 4.39 Å². The molecule has 0 amide bonds. The molecule has 1 aliphatic rings. The fourth-order valence-electron chi connectivity index (χ4n) is 2.89. The fraction of sp³-hybridized carbons (Fsp3) is 0.625. The van der Waals surface area contributed by atoms with E-state index in [-0.39, 0.29) is 5.82 Å². The molecule has 0 spiro atoms. The van der Waals surface area contributed by atoms with E-state index in [0.29, 0.717) is 18.5 Å². The molecule has 0 aromatic heterocycles. The van der Waals surface area contributed by atoms with Crippen molar-refractivity contribution in [1.29, 1.82) is 0 Å². The zero-order valence-electron chi connectivity index (χ0n) is 12.3. The van der Waals surface area contributed by atoms with Crippen LogP contribution in [0.15, 0.2) is 22.7 Å². The van der Waals surface area contributed by atoms with Crippen molar-refractivity contribution in [3.05, 3.63) is 34.1 Å². The van der Waals surface area contributed by atoms with Gasteiger partial charge in [0.15, 0.2) is 0 Å². The van der Waals surface area contributed by atoms with Gasteiger partial charge in [-0.2, -0.15) is 0 Å². The maximum absolute atomic E-state index is 13.7. The van der Waals surface area contributed by atoms with E-state index < -0.39 is 0 Å². The van der Waals surface area contributed by atoms with Gasteiger partial charge in [-0.05, 0) is 50.0 Å². The summed E-state index contributed by atoms with van der Waals surface area (Å²) in [6.45, 7) is 8.45. The molecular formula is C16H24BrFN2. The Morgan fingerprint density at radius 3 is 2.65 bits per heavy atom. The van der Waals surface area contributed by atoms with Crippen LogP contribution < -0.4 is 5.32 Å². The molecule has 2 nitrogen and oxygen atoms in total. The molecular weight excluding hydrogens is 319 g/mol. The number of rotatable bonds is 6. The van der Waals surface area contributed by atoms with E-state index >= 15 is 0 Å². The second-order valence-corrected chi connectivity index (χ2v) is 6.84. The minimum atomic E-state index is -0.136. The van der Waals surface area contributed by atoms with E-state index in [0.717, 1.165) is 16.6 Å². The molecule has 2 rings (SSSR count). The van der Waals surface area contributed by atoms with E-state index in [1.54, 1.807) is 6.07 Å². The molecule has 0 bridgehead atoms. The lowest BCUT2D eigenvalue weighted by atomic mass is 10.0. The van der Waals surface area contributed by atoms with Gasteiger partial charge in [0.05, 0.1) is 0 Å². The highest BCUT2D eigenvalue weighted by atomic mass is 79.9. The first-order valence-corrected chi connectivity index (χ1v) is 8.26. The minimum Gasteiger partial charge on any atom is -0.311 e. The molecule has 1 aliphatic heterocycles. The monoisotopic (exact) mass is 342 g/mol. The summed E-state index contributed by atoms with van der Waals surface area (Å²) >= 11 is 3.39. The zero-order chi connectivity index (χ0) is 14.5. The van der Waals surface area contributed by atoms with E-state index in [4.69, 9.17) is 0 Å². The molecule has 1 saturated heterocycles. The molecule has 1 fully saturated rings. The Morgan fingerprint density at radius 1 is 1.30 bits per heavy atom. The standard InChI is InChI=1S/C16H24BrFN2/c1-12(2)16(20-7-3-4-8-20)11-19-10-13-9-14(17)5-6-15(13)18/h5-6,9,12,16,19H,3-4,7-8,10-11H2,1-2H3. The third kappa shape index (κ3) is 4.27. The first-order valence-electron chi connectivity index (χ1n) is 7.46. The van der Waals surface area contributed by atoms with E-state index in [9.17, 15) is 4.39 Å². The van der Waals surface area contributed by atoms with Crippen molar-refractivity contribution in [3.8, 4) is 0 Å². The number of likely N-dealkylation sites (tertiary alicyclic amines) is 1. The Labute approximate surface area is 129 Å². The molecule has 0 aliphatic carbocycles. The van der Waals surface area contributed by atoms with E-state index in [1.807, 2.05) is 6.07 Å². The van der Waals surface area contributed by atoms with Gasteiger partial charge in [-0.1, -0.05) is 29.8 Å². The van der Waals surface area contributed by atoms with Crippen LogP contribution in [0.1, 0.15) is 32.3 Å². The number of hydrogen-bond donors (Lipinski definition) is 1. The largest absolute Gasteiger partial charge is 0.311 e. The van der Waals surface area contributed by atoms with E-state index in [1.165, 1.54) is 32.0 Å². The Balaban J connectivity index is 1.88.